The second-order valence-electron chi connectivity index (χ2n) is 1.34. The minimum Gasteiger partial charge on any atom is -0.404 e. The largest absolute Gasteiger partial charge is 0.404 e. The molecule has 0 radical (unpaired) electrons. The van der Waals surface area contributed by atoms with Crippen LogP contribution in [-0.2, 0) is 0 Å². The van der Waals surface area contributed by atoms with Gasteiger partial charge in [-0.25, -0.2) is 0 Å². The maximum absolute atomic E-state index is 8.38. The van der Waals surface area contributed by atoms with Gasteiger partial charge in [-0.1, -0.05) is 0 Å². The van der Waals surface area contributed by atoms with Crippen LogP contribution in [-0.4, -0.2) is 21.9 Å². The van der Waals surface area contributed by atoms with Crippen molar-refractivity contribution in [1.29, 1.82) is 0 Å². The number of hydrogen-bond acceptors (Lipinski definition) is 5. The number of nitrogens with two attached hydrogens (primary N) is 2. The van der Waals surface area contributed by atoms with E-state index in [9.17, 15) is 0 Å². The summed E-state index contributed by atoms with van der Waals surface area (Å²) in [5, 5.41) is 17.5. The first kappa shape index (κ1) is 8.77. The summed E-state index contributed by atoms with van der Waals surface area (Å²) in [6.07, 6.45) is -0.210. The van der Waals surface area contributed by atoms with Gasteiger partial charge in [0.15, 0.2) is 6.29 Å². The van der Waals surface area contributed by atoms with Gasteiger partial charge >= 0.3 is 0 Å². The predicted octanol–water partition coefficient (Wildman–Crippen LogP) is -1.25. The fourth-order valence-corrected chi connectivity index (χ4v) is 0.619. The molecule has 0 aliphatic rings. The van der Waals surface area contributed by atoms with Crippen LogP contribution in [0.5, 0.6) is 0 Å². The summed E-state index contributed by atoms with van der Waals surface area (Å²) in [5.74, 6) is 0. The average molecular weight is 150 g/mol. The molecule has 0 spiro atoms. The van der Waals surface area contributed by atoms with E-state index in [0.717, 1.165) is 11.8 Å². The third-order valence-electron chi connectivity index (χ3n) is 0.608. The van der Waals surface area contributed by atoms with E-state index in [1.54, 1.807) is 0 Å². The topological polar surface area (TPSA) is 92.5 Å². The van der Waals surface area contributed by atoms with Crippen molar-refractivity contribution >= 4 is 11.8 Å². The molecule has 0 bridgehead atoms. The normalized spacial score (nSPS) is 15.1. The quantitative estimate of drug-likeness (QED) is 0.377. The Balaban J connectivity index is 3.38. The highest BCUT2D eigenvalue weighted by atomic mass is 32.2. The molecule has 0 aromatic carbocycles. The van der Waals surface area contributed by atoms with Gasteiger partial charge in [-0.05, 0) is 5.41 Å². The Kier molecular flexibility index (Phi) is 4.51. The van der Waals surface area contributed by atoms with Gasteiger partial charge in [-0.2, -0.15) is 0 Å². The van der Waals surface area contributed by atoms with E-state index in [-0.39, 0.29) is 0 Å². The van der Waals surface area contributed by atoms with E-state index < -0.39 is 11.7 Å². The van der Waals surface area contributed by atoms with Gasteiger partial charge in [-0.3, -0.25) is 0 Å². The molecule has 0 amide bonds. The lowest BCUT2D eigenvalue weighted by molar-refractivity contribution is -0.0386. The zero-order chi connectivity index (χ0) is 7.28. The van der Waals surface area contributed by atoms with Gasteiger partial charge in [-0.15, -0.1) is 11.8 Å². The second-order valence-corrected chi connectivity index (χ2v) is 2.43. The van der Waals surface area contributed by atoms with Crippen molar-refractivity contribution in [3.63, 3.8) is 0 Å². The lowest BCUT2D eigenvalue weighted by atomic mass is 10.7. The van der Waals surface area contributed by atoms with Crippen LogP contribution in [0.2, 0.25) is 0 Å². The Bertz CT molecular complexity index is 96.6. The van der Waals surface area contributed by atoms with Gasteiger partial charge < -0.3 is 21.7 Å². The molecule has 0 rings (SSSR count). The number of aliphatic hydroxyl groups excluding tert-OH is 1. The predicted molar refractivity (Wildman–Crippen MR) is 37.1 cm³/mol. The Morgan fingerprint density at radius 2 is 2.00 bits per heavy atom. The van der Waals surface area contributed by atoms with Gasteiger partial charge in [0, 0.05) is 6.20 Å². The van der Waals surface area contributed by atoms with Crippen LogP contribution in [0.25, 0.3) is 0 Å². The van der Waals surface area contributed by atoms with E-state index >= 15 is 0 Å². The first-order valence-corrected chi connectivity index (χ1v) is 3.26. The summed E-state index contributed by atoms with van der Waals surface area (Å²) >= 11 is 1.06. The van der Waals surface area contributed by atoms with E-state index in [4.69, 9.17) is 21.7 Å². The van der Waals surface area contributed by atoms with E-state index in [2.05, 4.69) is 0 Å². The second kappa shape index (κ2) is 4.63. The molecule has 54 valence electrons. The van der Waals surface area contributed by atoms with Gasteiger partial charge in [0.1, 0.15) is 5.37 Å². The Hall–Kier alpha value is -0.230. The van der Waals surface area contributed by atoms with Crippen molar-refractivity contribution in [2.75, 3.05) is 0 Å². The molecule has 0 aliphatic carbocycles. The summed E-state index contributed by atoms with van der Waals surface area (Å²) in [4.78, 5) is 0. The highest BCUT2D eigenvalue weighted by Gasteiger charge is 2.08. The molecule has 4 nitrogen and oxygen atoms in total. The zero-order valence-electron chi connectivity index (χ0n) is 4.77. The third-order valence-corrected chi connectivity index (χ3v) is 1.48. The summed E-state index contributed by atoms with van der Waals surface area (Å²) in [6.45, 7) is 0. The SMILES string of the molecule is N/C=C\SC(N)C(O)O. The smallest absolute Gasteiger partial charge is 0.176 e. The molecular formula is C4H10N2O2S. The molecule has 0 aliphatic heterocycles. The van der Waals surface area contributed by atoms with Crippen LogP contribution in [0, 0.1) is 0 Å². The van der Waals surface area contributed by atoms with Gasteiger partial charge in [0.2, 0.25) is 0 Å². The highest BCUT2D eigenvalue weighted by molar-refractivity contribution is 8.02. The molecule has 6 N–H and O–H groups in total. The zero-order valence-corrected chi connectivity index (χ0v) is 5.58. The lowest BCUT2D eigenvalue weighted by Gasteiger charge is -2.08. The maximum atomic E-state index is 8.38. The lowest BCUT2D eigenvalue weighted by Crippen LogP contribution is -2.30. The van der Waals surface area contributed by atoms with Crippen LogP contribution < -0.4 is 11.5 Å². The van der Waals surface area contributed by atoms with Crippen LogP contribution >= 0.6 is 11.8 Å². The standard InChI is InChI=1S/C4H10N2O2S/c5-1-2-9-3(6)4(7)8/h1-4,7-8H,5-6H2/b2-1-. The van der Waals surface area contributed by atoms with Crippen molar-refractivity contribution in [2.45, 2.75) is 11.7 Å². The number of aliphatic hydroxyl groups is 2. The van der Waals surface area contributed by atoms with E-state index in [0.29, 0.717) is 0 Å². The number of hydrogen-bond donors (Lipinski definition) is 4. The molecule has 9 heavy (non-hydrogen) atoms. The maximum Gasteiger partial charge on any atom is 0.176 e. The third kappa shape index (κ3) is 4.28. The minimum atomic E-state index is -1.49. The van der Waals surface area contributed by atoms with Crippen LogP contribution in [0.15, 0.2) is 11.6 Å². The fourth-order valence-electron chi connectivity index (χ4n) is 0.206. The van der Waals surface area contributed by atoms with Crippen molar-refractivity contribution in [3.8, 4) is 0 Å². The molecule has 0 saturated carbocycles. The first-order chi connectivity index (χ1) is 4.18. The molecule has 1 unspecified atom stereocenters. The van der Waals surface area contributed by atoms with Crippen molar-refractivity contribution < 1.29 is 10.2 Å². The average Bonchev–Trinajstić information content (AvgIpc) is 1.82. The first-order valence-electron chi connectivity index (χ1n) is 2.32. The summed E-state index contributed by atoms with van der Waals surface area (Å²) in [7, 11) is 0. The number of rotatable bonds is 3. The molecule has 0 aromatic heterocycles. The Labute approximate surface area is 57.5 Å². The van der Waals surface area contributed by atoms with Crippen LogP contribution in [0.3, 0.4) is 0 Å². The molecule has 0 fully saturated rings. The highest BCUT2D eigenvalue weighted by Crippen LogP contribution is 2.07. The number of thioether (sulfide) groups is 1. The summed E-state index contributed by atoms with van der Waals surface area (Å²) in [5.41, 5.74) is 10.1. The van der Waals surface area contributed by atoms with Crippen molar-refractivity contribution in [2.24, 2.45) is 11.5 Å². The van der Waals surface area contributed by atoms with E-state index in [1.165, 1.54) is 11.6 Å². The molecule has 0 heterocycles. The van der Waals surface area contributed by atoms with Gasteiger partial charge in [0.05, 0.1) is 0 Å². The molecule has 0 aromatic rings. The Morgan fingerprint density at radius 1 is 1.44 bits per heavy atom. The van der Waals surface area contributed by atoms with Crippen LogP contribution in [0.1, 0.15) is 0 Å². The molecule has 1 atom stereocenters. The van der Waals surface area contributed by atoms with Crippen LogP contribution in [0.4, 0.5) is 0 Å². The molecule has 0 saturated heterocycles. The minimum absolute atomic E-state index is 0.718. The van der Waals surface area contributed by atoms with E-state index in [1.807, 2.05) is 0 Å². The summed E-state index contributed by atoms with van der Waals surface area (Å²) < 4.78 is 0. The summed E-state index contributed by atoms with van der Waals surface area (Å²) in [6, 6.07) is 0. The molecule has 5 heteroatoms. The van der Waals surface area contributed by atoms with Crippen molar-refractivity contribution in [3.05, 3.63) is 11.6 Å². The monoisotopic (exact) mass is 150 g/mol. The van der Waals surface area contributed by atoms with Crippen molar-refractivity contribution in [1.82, 2.24) is 0 Å². The Morgan fingerprint density at radius 3 is 2.33 bits per heavy atom. The fraction of sp³-hybridized carbons (Fsp3) is 0.500. The van der Waals surface area contributed by atoms with Gasteiger partial charge in [0.25, 0.3) is 0 Å². The molecular weight excluding hydrogens is 140 g/mol.